The molecule has 8 nitrogen and oxygen atoms in total. The smallest absolute Gasteiger partial charge is 0.254 e. The zero-order valence-electron chi connectivity index (χ0n) is 21.4. The van der Waals surface area contributed by atoms with Gasteiger partial charge in [-0.05, 0) is 50.4 Å². The van der Waals surface area contributed by atoms with Crippen molar-refractivity contribution in [2.24, 2.45) is 7.05 Å². The second-order valence-corrected chi connectivity index (χ2v) is 9.25. The second kappa shape index (κ2) is 11.1. The van der Waals surface area contributed by atoms with Gasteiger partial charge in [0.05, 0.1) is 52.3 Å². The van der Waals surface area contributed by atoms with Gasteiger partial charge in [0.2, 0.25) is 0 Å². The first-order valence-electron chi connectivity index (χ1n) is 12.0. The van der Waals surface area contributed by atoms with Crippen molar-refractivity contribution in [1.29, 1.82) is 0 Å². The molecule has 0 spiro atoms. The van der Waals surface area contributed by atoms with Crippen LogP contribution in [0, 0.1) is 6.92 Å². The quantitative estimate of drug-likeness (QED) is 0.326. The molecule has 0 saturated carbocycles. The number of carbonyl (C=O) groups is 1. The topological polar surface area (TPSA) is 88.0 Å². The van der Waals surface area contributed by atoms with Gasteiger partial charge < -0.3 is 20.1 Å². The molecule has 0 fully saturated rings. The molecule has 1 amide bonds. The Labute approximate surface area is 216 Å². The van der Waals surface area contributed by atoms with Crippen LogP contribution < -0.4 is 10.6 Å². The highest BCUT2D eigenvalue weighted by Gasteiger charge is 2.20. The Morgan fingerprint density at radius 3 is 2.61 bits per heavy atom. The number of nitrogens with zero attached hydrogens (tertiary/aromatic N) is 5. The van der Waals surface area contributed by atoms with Gasteiger partial charge in [-0.25, -0.2) is 15.0 Å². The molecular weight excluding hydrogens is 474 g/mol. The van der Waals surface area contributed by atoms with E-state index in [4.69, 9.17) is 21.6 Å². The lowest BCUT2D eigenvalue weighted by Crippen LogP contribution is -2.27. The number of hydrogen-bond acceptors (Lipinski definition) is 6. The van der Waals surface area contributed by atoms with Crippen LogP contribution >= 0.6 is 11.6 Å². The molecule has 36 heavy (non-hydrogen) atoms. The van der Waals surface area contributed by atoms with Crippen LogP contribution in [0.3, 0.4) is 0 Å². The van der Waals surface area contributed by atoms with Gasteiger partial charge in [-0.15, -0.1) is 0 Å². The van der Waals surface area contributed by atoms with E-state index in [0.29, 0.717) is 39.4 Å². The Morgan fingerprint density at radius 1 is 1.11 bits per heavy atom. The van der Waals surface area contributed by atoms with Crippen molar-refractivity contribution in [3.05, 3.63) is 70.4 Å². The van der Waals surface area contributed by atoms with E-state index < -0.39 is 0 Å². The summed E-state index contributed by atoms with van der Waals surface area (Å²) >= 11 is 6.30. The first-order valence-corrected chi connectivity index (χ1v) is 12.4. The highest BCUT2D eigenvalue weighted by Crippen LogP contribution is 2.28. The van der Waals surface area contributed by atoms with Gasteiger partial charge in [-0.2, -0.15) is 0 Å². The van der Waals surface area contributed by atoms with E-state index in [-0.39, 0.29) is 5.91 Å². The maximum atomic E-state index is 13.7. The molecule has 0 bridgehead atoms. The molecular formula is C27H32ClN7O. The van der Waals surface area contributed by atoms with E-state index in [1.165, 1.54) is 0 Å². The van der Waals surface area contributed by atoms with Gasteiger partial charge in [0.1, 0.15) is 5.82 Å². The molecule has 3 aromatic heterocycles. The molecule has 0 radical (unpaired) electrons. The van der Waals surface area contributed by atoms with Gasteiger partial charge in [-0.1, -0.05) is 18.5 Å². The lowest BCUT2D eigenvalue weighted by molar-refractivity contribution is 0.0784. The van der Waals surface area contributed by atoms with Crippen LogP contribution in [0.25, 0.3) is 22.3 Å². The third-order valence-electron chi connectivity index (χ3n) is 6.28. The Bertz CT molecular complexity index is 1400. The van der Waals surface area contributed by atoms with Crippen LogP contribution in [0.15, 0.2) is 42.6 Å². The summed E-state index contributed by atoms with van der Waals surface area (Å²) in [7, 11) is 5.69. The molecule has 4 rings (SSSR count). The number of hydrogen-bond donors (Lipinski definition) is 2. The third kappa shape index (κ3) is 5.34. The largest absolute Gasteiger partial charge is 0.382 e. The van der Waals surface area contributed by atoms with Crippen molar-refractivity contribution in [2.75, 3.05) is 32.5 Å². The van der Waals surface area contributed by atoms with E-state index >= 15 is 0 Å². The number of fused-ring (bicyclic) bond motifs is 1. The third-order valence-corrected chi connectivity index (χ3v) is 6.52. The summed E-state index contributed by atoms with van der Waals surface area (Å²) < 4.78 is 2.04. The van der Waals surface area contributed by atoms with Gasteiger partial charge in [0.25, 0.3) is 5.91 Å². The van der Waals surface area contributed by atoms with Crippen LogP contribution in [-0.4, -0.2) is 57.5 Å². The fraction of sp³-hybridized carbons (Fsp3) is 0.333. The van der Waals surface area contributed by atoms with Crippen LogP contribution in [0.2, 0.25) is 5.02 Å². The molecule has 0 atom stereocenters. The van der Waals surface area contributed by atoms with Gasteiger partial charge in [0.15, 0.2) is 0 Å². The number of anilines is 1. The number of nitrogens with one attached hydrogen (secondary N) is 2. The number of halogens is 1. The Hall–Kier alpha value is -3.49. The minimum Gasteiger partial charge on any atom is -0.382 e. The number of rotatable bonds is 9. The average molecular weight is 506 g/mol. The van der Waals surface area contributed by atoms with Crippen molar-refractivity contribution in [2.45, 2.75) is 26.8 Å². The normalized spacial score (nSPS) is 11.2. The number of amides is 1. The predicted octanol–water partition coefficient (Wildman–Crippen LogP) is 4.46. The van der Waals surface area contributed by atoms with E-state index in [1.54, 1.807) is 24.1 Å². The van der Waals surface area contributed by atoms with Crippen molar-refractivity contribution in [1.82, 2.24) is 29.7 Å². The summed E-state index contributed by atoms with van der Waals surface area (Å²) in [5, 5.41) is 7.77. The average Bonchev–Trinajstić information content (AvgIpc) is 3.22. The van der Waals surface area contributed by atoms with E-state index in [2.05, 4.69) is 22.5 Å². The van der Waals surface area contributed by atoms with Crippen LogP contribution in [0.4, 0.5) is 5.69 Å². The number of benzene rings is 1. The lowest BCUT2D eigenvalue weighted by atomic mass is 10.0. The second-order valence-electron chi connectivity index (χ2n) is 8.82. The monoisotopic (exact) mass is 505 g/mol. The number of likely N-dealkylation sites (N-methyl/N-ethyl adjacent to an activating group) is 1. The van der Waals surface area contributed by atoms with Crippen molar-refractivity contribution in [3.8, 4) is 11.4 Å². The summed E-state index contributed by atoms with van der Waals surface area (Å²) in [6.45, 7) is 6.12. The maximum absolute atomic E-state index is 13.7. The molecule has 0 aliphatic rings. The van der Waals surface area contributed by atoms with Crippen LogP contribution in [0.1, 0.15) is 34.5 Å². The molecule has 188 valence electrons. The summed E-state index contributed by atoms with van der Waals surface area (Å²) in [4.78, 5) is 29.4. The highest BCUT2D eigenvalue weighted by atomic mass is 35.5. The zero-order valence-corrected chi connectivity index (χ0v) is 22.1. The standard InChI is InChI=1S/C27H32ClN7O/c1-6-26-31-15-19(35(26)5)16-34(4)27(36)21-14-25(33-23-8-7-18(28)13-20(21)23)24-10-9-22(17(2)32-24)30-12-11-29-3/h7-10,13-15,29-30H,6,11-12,16H2,1-5H3. The van der Waals surface area contributed by atoms with Crippen molar-refractivity contribution < 1.29 is 4.79 Å². The number of imidazole rings is 1. The number of pyridine rings is 2. The molecule has 1 aromatic carbocycles. The van der Waals surface area contributed by atoms with Crippen molar-refractivity contribution in [3.63, 3.8) is 0 Å². The predicted molar refractivity (Wildman–Crippen MR) is 146 cm³/mol. The fourth-order valence-electron chi connectivity index (χ4n) is 4.20. The number of carbonyl (C=O) groups excluding carboxylic acids is 1. The van der Waals surface area contributed by atoms with E-state index in [9.17, 15) is 4.79 Å². The Morgan fingerprint density at radius 2 is 1.92 bits per heavy atom. The SMILES string of the molecule is CCc1ncc(CN(C)C(=O)c2cc(-c3ccc(NCCNC)c(C)n3)nc3ccc(Cl)cc23)n1C. The first kappa shape index (κ1) is 25.6. The molecule has 2 N–H and O–H groups in total. The maximum Gasteiger partial charge on any atom is 0.254 e. The Kier molecular flexibility index (Phi) is 7.86. The molecule has 3 heterocycles. The summed E-state index contributed by atoms with van der Waals surface area (Å²) in [5.41, 5.74) is 5.39. The Balaban J connectivity index is 1.71. The first-order chi connectivity index (χ1) is 17.3. The molecule has 0 aliphatic heterocycles. The fourth-order valence-corrected chi connectivity index (χ4v) is 4.37. The molecule has 0 aliphatic carbocycles. The van der Waals surface area contributed by atoms with Gasteiger partial charge in [0, 0.05) is 44.0 Å². The molecule has 4 aromatic rings. The summed E-state index contributed by atoms with van der Waals surface area (Å²) in [6.07, 6.45) is 2.66. The number of aryl methyl sites for hydroxylation is 2. The zero-order chi connectivity index (χ0) is 25.8. The van der Waals surface area contributed by atoms with Crippen molar-refractivity contribution >= 4 is 34.1 Å². The lowest BCUT2D eigenvalue weighted by Gasteiger charge is -2.19. The molecule has 0 unspecified atom stereocenters. The van der Waals surface area contributed by atoms with Gasteiger partial charge in [-0.3, -0.25) is 4.79 Å². The van der Waals surface area contributed by atoms with Gasteiger partial charge >= 0.3 is 0 Å². The van der Waals surface area contributed by atoms with E-state index in [0.717, 1.165) is 42.4 Å². The highest BCUT2D eigenvalue weighted by molar-refractivity contribution is 6.31. The molecule has 0 saturated heterocycles. The molecule has 9 heteroatoms. The van der Waals surface area contributed by atoms with E-state index in [1.807, 2.05) is 56.0 Å². The van der Waals surface area contributed by atoms with Crippen LogP contribution in [-0.2, 0) is 20.0 Å². The minimum atomic E-state index is -0.118. The summed E-state index contributed by atoms with van der Waals surface area (Å²) in [5.74, 6) is 0.867. The van der Waals surface area contributed by atoms with Crippen LogP contribution in [0.5, 0.6) is 0 Å². The minimum absolute atomic E-state index is 0.118. The number of aromatic nitrogens is 4. The summed E-state index contributed by atoms with van der Waals surface area (Å²) in [6, 6.07) is 11.2.